The fraction of sp³-hybridized carbons (Fsp3) is 0.533. The van der Waals surface area contributed by atoms with Gasteiger partial charge >= 0.3 is 0 Å². The summed E-state index contributed by atoms with van der Waals surface area (Å²) in [4.78, 5) is 14.3. The third kappa shape index (κ3) is 2.84. The number of nitrogen functional groups attached to an aromatic ring is 1. The highest BCUT2D eigenvalue weighted by molar-refractivity contribution is 5.77. The van der Waals surface area contributed by atoms with Crippen molar-refractivity contribution in [2.24, 2.45) is 5.92 Å². The van der Waals surface area contributed by atoms with Gasteiger partial charge in [0.2, 0.25) is 5.91 Å². The Morgan fingerprint density at radius 3 is 2.39 bits per heavy atom. The molecule has 1 aromatic carbocycles. The topological polar surface area (TPSA) is 46.3 Å². The van der Waals surface area contributed by atoms with E-state index in [0.717, 1.165) is 18.7 Å². The predicted octanol–water partition coefficient (Wildman–Crippen LogP) is 2.56. The van der Waals surface area contributed by atoms with Gasteiger partial charge in [-0.05, 0) is 49.3 Å². The molecule has 3 rings (SSSR count). The second kappa shape index (κ2) is 4.63. The van der Waals surface area contributed by atoms with Gasteiger partial charge in [-0.2, -0.15) is 0 Å². The van der Waals surface area contributed by atoms with Crippen LogP contribution in [0.5, 0.6) is 0 Å². The highest BCUT2D eigenvalue weighted by Gasteiger charge is 2.35. The fourth-order valence-corrected chi connectivity index (χ4v) is 2.31. The molecule has 2 fully saturated rings. The van der Waals surface area contributed by atoms with Crippen LogP contribution in [-0.2, 0) is 11.3 Å². The molecule has 0 spiro atoms. The van der Waals surface area contributed by atoms with Crippen LogP contribution in [0.4, 0.5) is 5.69 Å². The van der Waals surface area contributed by atoms with Gasteiger partial charge in [0.1, 0.15) is 0 Å². The van der Waals surface area contributed by atoms with E-state index < -0.39 is 0 Å². The van der Waals surface area contributed by atoms with Gasteiger partial charge in [-0.15, -0.1) is 0 Å². The summed E-state index contributed by atoms with van der Waals surface area (Å²) in [5, 5.41) is 0. The average Bonchev–Trinajstić information content (AvgIpc) is 3.22. The number of hydrogen-bond donors (Lipinski definition) is 1. The van der Waals surface area contributed by atoms with Gasteiger partial charge in [0, 0.05) is 24.7 Å². The van der Waals surface area contributed by atoms with E-state index in [2.05, 4.69) is 4.90 Å². The van der Waals surface area contributed by atoms with Gasteiger partial charge in [-0.3, -0.25) is 4.79 Å². The fourth-order valence-electron chi connectivity index (χ4n) is 2.31. The molecule has 1 amide bonds. The van der Waals surface area contributed by atoms with Crippen LogP contribution in [0.15, 0.2) is 24.3 Å². The summed E-state index contributed by atoms with van der Waals surface area (Å²) in [5.41, 5.74) is 7.64. The first-order valence-corrected chi connectivity index (χ1v) is 6.86. The molecule has 2 N–H and O–H groups in total. The minimum Gasteiger partial charge on any atom is -0.399 e. The van der Waals surface area contributed by atoms with Gasteiger partial charge in [-0.1, -0.05) is 12.1 Å². The quantitative estimate of drug-likeness (QED) is 0.809. The van der Waals surface area contributed by atoms with Gasteiger partial charge in [0.25, 0.3) is 0 Å². The maximum absolute atomic E-state index is 12.2. The lowest BCUT2D eigenvalue weighted by Gasteiger charge is -2.22. The second-order valence-electron chi connectivity index (χ2n) is 5.64. The molecule has 3 nitrogen and oxygen atoms in total. The molecule has 0 saturated heterocycles. The first-order valence-electron chi connectivity index (χ1n) is 6.86. The van der Waals surface area contributed by atoms with E-state index in [0.29, 0.717) is 17.9 Å². The van der Waals surface area contributed by atoms with E-state index in [1.165, 1.54) is 31.2 Å². The summed E-state index contributed by atoms with van der Waals surface area (Å²) >= 11 is 0. The third-order valence-electron chi connectivity index (χ3n) is 3.80. The summed E-state index contributed by atoms with van der Waals surface area (Å²) in [6.45, 7) is 0.747. The van der Waals surface area contributed by atoms with Crippen LogP contribution in [0.2, 0.25) is 0 Å². The molecular weight excluding hydrogens is 224 g/mol. The molecule has 96 valence electrons. The molecule has 3 heteroatoms. The zero-order chi connectivity index (χ0) is 12.5. The standard InChI is InChI=1S/C15H20N2O/c16-13-5-3-12(4-6-13)10-17(14-7-8-14)15(18)9-11-1-2-11/h3-6,11,14H,1-2,7-10,16H2. The lowest BCUT2D eigenvalue weighted by molar-refractivity contribution is -0.132. The van der Waals surface area contributed by atoms with E-state index in [1.54, 1.807) is 0 Å². The SMILES string of the molecule is Nc1ccc(CN(C(=O)CC2CC2)C2CC2)cc1. The molecule has 0 aromatic heterocycles. The maximum Gasteiger partial charge on any atom is 0.223 e. The molecule has 2 saturated carbocycles. The van der Waals surface area contributed by atoms with Crippen molar-refractivity contribution in [1.29, 1.82) is 0 Å². The first-order chi connectivity index (χ1) is 8.72. The molecule has 2 aliphatic rings. The van der Waals surface area contributed by atoms with E-state index in [-0.39, 0.29) is 0 Å². The lowest BCUT2D eigenvalue weighted by Crippen LogP contribution is -2.32. The van der Waals surface area contributed by atoms with Crippen molar-refractivity contribution in [3.05, 3.63) is 29.8 Å². The van der Waals surface area contributed by atoms with Crippen molar-refractivity contribution in [1.82, 2.24) is 4.90 Å². The Morgan fingerprint density at radius 1 is 1.17 bits per heavy atom. The van der Waals surface area contributed by atoms with E-state index in [9.17, 15) is 4.79 Å². The number of benzene rings is 1. The van der Waals surface area contributed by atoms with Crippen LogP contribution in [0.3, 0.4) is 0 Å². The van der Waals surface area contributed by atoms with Crippen molar-refractivity contribution in [2.75, 3.05) is 5.73 Å². The van der Waals surface area contributed by atoms with Crippen LogP contribution < -0.4 is 5.73 Å². The average molecular weight is 244 g/mol. The Labute approximate surface area is 108 Å². The largest absolute Gasteiger partial charge is 0.399 e. The zero-order valence-corrected chi connectivity index (χ0v) is 10.6. The second-order valence-corrected chi connectivity index (χ2v) is 5.64. The van der Waals surface area contributed by atoms with Gasteiger partial charge in [-0.25, -0.2) is 0 Å². The molecule has 18 heavy (non-hydrogen) atoms. The number of anilines is 1. The number of nitrogens with zero attached hydrogens (tertiary/aromatic N) is 1. The van der Waals surface area contributed by atoms with Gasteiger partial charge in [0.15, 0.2) is 0 Å². The number of rotatable bonds is 5. The smallest absolute Gasteiger partial charge is 0.223 e. The Bertz CT molecular complexity index is 432. The molecule has 1 aromatic rings. The molecule has 0 bridgehead atoms. The van der Waals surface area contributed by atoms with Crippen molar-refractivity contribution < 1.29 is 4.79 Å². The number of nitrogens with two attached hydrogens (primary N) is 1. The normalized spacial score (nSPS) is 18.7. The third-order valence-corrected chi connectivity index (χ3v) is 3.80. The minimum atomic E-state index is 0.344. The Hall–Kier alpha value is -1.51. The van der Waals surface area contributed by atoms with E-state index >= 15 is 0 Å². The zero-order valence-electron chi connectivity index (χ0n) is 10.6. The molecule has 0 heterocycles. The molecule has 0 atom stereocenters. The van der Waals surface area contributed by atoms with Crippen molar-refractivity contribution in [3.8, 4) is 0 Å². The van der Waals surface area contributed by atoms with Crippen molar-refractivity contribution >= 4 is 11.6 Å². The Morgan fingerprint density at radius 2 is 1.83 bits per heavy atom. The van der Waals surface area contributed by atoms with Crippen LogP contribution in [0.1, 0.15) is 37.7 Å². The summed E-state index contributed by atoms with van der Waals surface area (Å²) < 4.78 is 0. The van der Waals surface area contributed by atoms with Crippen LogP contribution in [0, 0.1) is 5.92 Å². The number of amides is 1. The summed E-state index contributed by atoms with van der Waals surface area (Å²) in [7, 11) is 0. The molecule has 0 unspecified atom stereocenters. The predicted molar refractivity (Wildman–Crippen MR) is 71.8 cm³/mol. The van der Waals surface area contributed by atoms with E-state index in [4.69, 9.17) is 5.73 Å². The highest BCUT2D eigenvalue weighted by atomic mass is 16.2. The van der Waals surface area contributed by atoms with Crippen LogP contribution >= 0.6 is 0 Å². The minimum absolute atomic E-state index is 0.344. The maximum atomic E-state index is 12.2. The van der Waals surface area contributed by atoms with Crippen molar-refractivity contribution in [3.63, 3.8) is 0 Å². The molecule has 0 aliphatic heterocycles. The van der Waals surface area contributed by atoms with Crippen molar-refractivity contribution in [2.45, 2.75) is 44.7 Å². The number of carbonyl (C=O) groups is 1. The molecule has 0 radical (unpaired) electrons. The summed E-state index contributed by atoms with van der Waals surface area (Å²) in [6, 6.07) is 8.36. The highest BCUT2D eigenvalue weighted by Crippen LogP contribution is 2.35. The molecular formula is C15H20N2O. The number of hydrogen-bond acceptors (Lipinski definition) is 2. The molecule has 2 aliphatic carbocycles. The lowest BCUT2D eigenvalue weighted by atomic mass is 10.1. The number of carbonyl (C=O) groups excluding carboxylic acids is 1. The van der Waals surface area contributed by atoms with E-state index in [1.807, 2.05) is 24.3 Å². The van der Waals surface area contributed by atoms with Crippen LogP contribution in [-0.4, -0.2) is 16.8 Å². The Balaban J connectivity index is 1.65. The summed E-state index contributed by atoms with van der Waals surface area (Å²) in [5.74, 6) is 1.02. The first kappa shape index (κ1) is 11.6. The van der Waals surface area contributed by atoms with Gasteiger partial charge in [0.05, 0.1) is 0 Å². The van der Waals surface area contributed by atoms with Crippen LogP contribution in [0.25, 0.3) is 0 Å². The summed E-state index contributed by atoms with van der Waals surface area (Å²) in [6.07, 6.45) is 5.58. The monoisotopic (exact) mass is 244 g/mol. The van der Waals surface area contributed by atoms with Gasteiger partial charge < -0.3 is 10.6 Å². The Kier molecular flexibility index (Phi) is 2.98.